The summed E-state index contributed by atoms with van der Waals surface area (Å²) in [6.45, 7) is 0. The molecule has 0 saturated heterocycles. The van der Waals surface area contributed by atoms with Crippen molar-refractivity contribution in [2.75, 3.05) is 0 Å². The van der Waals surface area contributed by atoms with Crippen LogP contribution in [-0.2, 0) is 0 Å². The van der Waals surface area contributed by atoms with E-state index in [1.807, 2.05) is 66.7 Å². The Balaban J connectivity index is 1.44. The summed E-state index contributed by atoms with van der Waals surface area (Å²) in [7, 11) is 0. The van der Waals surface area contributed by atoms with Crippen LogP contribution in [0.15, 0.2) is 100 Å². The summed E-state index contributed by atoms with van der Waals surface area (Å²) in [6, 6.07) is 24.6. The second kappa shape index (κ2) is 7.13. The van der Waals surface area contributed by atoms with Gasteiger partial charge in [-0.1, -0.05) is 60.7 Å². The highest BCUT2D eigenvalue weighted by molar-refractivity contribution is 5.71. The first kappa shape index (κ1) is 17.0. The molecule has 0 saturated carbocycles. The van der Waals surface area contributed by atoms with E-state index in [1.54, 1.807) is 24.5 Å². The number of oxazole rings is 2. The van der Waals surface area contributed by atoms with E-state index in [-0.39, 0.29) is 5.75 Å². The van der Waals surface area contributed by atoms with Gasteiger partial charge in [0.1, 0.15) is 5.75 Å². The number of phenols is 1. The molecule has 3 aromatic carbocycles. The van der Waals surface area contributed by atoms with Gasteiger partial charge in [-0.15, -0.1) is 0 Å². The van der Waals surface area contributed by atoms with Crippen LogP contribution in [0.3, 0.4) is 0 Å². The van der Waals surface area contributed by atoms with Crippen molar-refractivity contribution in [3.63, 3.8) is 0 Å². The van der Waals surface area contributed by atoms with E-state index in [0.717, 1.165) is 11.1 Å². The SMILES string of the molecule is Oc1cc(-c2ncc(-c3ccccc3)o2)ccc1-c1ncc(-c2ccccc2)o1. The zero-order valence-corrected chi connectivity index (χ0v) is 15.3. The minimum atomic E-state index is 0.0448. The number of hydrogen-bond donors (Lipinski definition) is 1. The minimum absolute atomic E-state index is 0.0448. The fraction of sp³-hybridized carbons (Fsp3) is 0. The van der Waals surface area contributed by atoms with Crippen LogP contribution in [0.25, 0.3) is 45.6 Å². The number of phenolic OH excluding ortho intramolecular Hbond substituents is 1. The number of nitrogens with zero attached hydrogens (tertiary/aromatic N) is 2. The van der Waals surface area contributed by atoms with Crippen LogP contribution in [0.1, 0.15) is 0 Å². The van der Waals surface area contributed by atoms with Gasteiger partial charge in [0.25, 0.3) is 0 Å². The maximum absolute atomic E-state index is 10.5. The molecule has 0 aliphatic heterocycles. The van der Waals surface area contributed by atoms with E-state index in [0.29, 0.717) is 34.4 Å². The summed E-state index contributed by atoms with van der Waals surface area (Å²) in [5, 5.41) is 10.5. The van der Waals surface area contributed by atoms with Crippen molar-refractivity contribution in [3.8, 4) is 51.3 Å². The maximum Gasteiger partial charge on any atom is 0.230 e. The van der Waals surface area contributed by atoms with Crippen LogP contribution in [-0.4, -0.2) is 15.1 Å². The second-order valence-corrected chi connectivity index (χ2v) is 6.52. The molecule has 140 valence electrons. The summed E-state index contributed by atoms with van der Waals surface area (Å²) in [5.74, 6) is 2.14. The molecule has 0 unspecified atom stereocenters. The number of aromatic nitrogens is 2. The topological polar surface area (TPSA) is 72.3 Å². The van der Waals surface area contributed by atoms with E-state index >= 15 is 0 Å². The fourth-order valence-corrected chi connectivity index (χ4v) is 3.12. The van der Waals surface area contributed by atoms with Crippen molar-refractivity contribution in [2.24, 2.45) is 0 Å². The Kier molecular flexibility index (Phi) is 4.18. The van der Waals surface area contributed by atoms with Gasteiger partial charge in [-0.25, -0.2) is 9.97 Å². The molecule has 29 heavy (non-hydrogen) atoms. The molecule has 0 radical (unpaired) electrons. The third kappa shape index (κ3) is 3.30. The van der Waals surface area contributed by atoms with Gasteiger partial charge in [-0.3, -0.25) is 0 Å². The Labute approximate surface area is 166 Å². The number of hydrogen-bond acceptors (Lipinski definition) is 5. The van der Waals surface area contributed by atoms with Crippen LogP contribution < -0.4 is 0 Å². The van der Waals surface area contributed by atoms with Gasteiger partial charge in [-0.2, -0.15) is 0 Å². The van der Waals surface area contributed by atoms with Crippen LogP contribution in [0.5, 0.6) is 5.75 Å². The molecule has 1 N–H and O–H groups in total. The fourth-order valence-electron chi connectivity index (χ4n) is 3.12. The monoisotopic (exact) mass is 380 g/mol. The highest BCUT2D eigenvalue weighted by atomic mass is 16.4. The van der Waals surface area contributed by atoms with Crippen molar-refractivity contribution in [1.82, 2.24) is 9.97 Å². The number of rotatable bonds is 4. The molecule has 5 nitrogen and oxygen atoms in total. The molecule has 0 atom stereocenters. The molecule has 0 bridgehead atoms. The molecule has 0 aliphatic rings. The zero-order valence-electron chi connectivity index (χ0n) is 15.3. The van der Waals surface area contributed by atoms with Crippen LogP contribution in [0.4, 0.5) is 0 Å². The smallest absolute Gasteiger partial charge is 0.230 e. The molecule has 2 heterocycles. The normalized spacial score (nSPS) is 10.9. The number of benzene rings is 3. The van der Waals surface area contributed by atoms with Gasteiger partial charge in [-0.05, 0) is 18.2 Å². The minimum Gasteiger partial charge on any atom is -0.507 e. The van der Waals surface area contributed by atoms with E-state index < -0.39 is 0 Å². The van der Waals surface area contributed by atoms with Gasteiger partial charge in [0, 0.05) is 16.7 Å². The zero-order chi connectivity index (χ0) is 19.6. The molecular weight excluding hydrogens is 364 g/mol. The Morgan fingerprint density at radius 2 is 1.14 bits per heavy atom. The van der Waals surface area contributed by atoms with Crippen molar-refractivity contribution in [1.29, 1.82) is 0 Å². The Hall–Kier alpha value is -4.12. The van der Waals surface area contributed by atoms with E-state index in [1.165, 1.54) is 0 Å². The van der Waals surface area contributed by atoms with Crippen molar-refractivity contribution >= 4 is 0 Å². The lowest BCUT2D eigenvalue weighted by atomic mass is 10.1. The van der Waals surface area contributed by atoms with E-state index in [9.17, 15) is 5.11 Å². The Morgan fingerprint density at radius 1 is 0.586 bits per heavy atom. The summed E-state index contributed by atoms with van der Waals surface area (Å²) < 4.78 is 11.7. The molecule has 5 rings (SSSR count). The Morgan fingerprint density at radius 3 is 1.72 bits per heavy atom. The Bertz CT molecular complexity index is 1260. The lowest BCUT2D eigenvalue weighted by Crippen LogP contribution is -1.82. The summed E-state index contributed by atoms with van der Waals surface area (Å²) >= 11 is 0. The summed E-state index contributed by atoms with van der Waals surface area (Å²) in [4.78, 5) is 8.64. The molecule has 2 aromatic heterocycles. The third-order valence-corrected chi connectivity index (χ3v) is 4.60. The van der Waals surface area contributed by atoms with Crippen molar-refractivity contribution in [3.05, 3.63) is 91.3 Å². The summed E-state index contributed by atoms with van der Waals surface area (Å²) in [5.41, 5.74) is 3.05. The van der Waals surface area contributed by atoms with Crippen LogP contribution in [0, 0.1) is 0 Å². The third-order valence-electron chi connectivity index (χ3n) is 4.60. The van der Waals surface area contributed by atoms with Gasteiger partial charge in [0.15, 0.2) is 11.5 Å². The molecule has 0 spiro atoms. The first-order valence-corrected chi connectivity index (χ1v) is 9.14. The predicted molar refractivity (Wildman–Crippen MR) is 110 cm³/mol. The number of aromatic hydroxyl groups is 1. The van der Waals surface area contributed by atoms with Gasteiger partial charge in [0.2, 0.25) is 11.8 Å². The molecule has 0 fully saturated rings. The second-order valence-electron chi connectivity index (χ2n) is 6.52. The van der Waals surface area contributed by atoms with E-state index in [2.05, 4.69) is 9.97 Å². The van der Waals surface area contributed by atoms with Gasteiger partial charge < -0.3 is 13.9 Å². The first-order chi connectivity index (χ1) is 14.3. The molecular formula is C24H16N2O3. The lowest BCUT2D eigenvalue weighted by Gasteiger charge is -2.03. The lowest BCUT2D eigenvalue weighted by molar-refractivity contribution is 0.473. The first-order valence-electron chi connectivity index (χ1n) is 9.14. The predicted octanol–water partition coefficient (Wildman–Crippen LogP) is 6.04. The van der Waals surface area contributed by atoms with E-state index in [4.69, 9.17) is 8.83 Å². The standard InChI is InChI=1S/C24H16N2O3/c27-20-13-18(23-25-14-21(28-23)16-7-3-1-4-8-16)11-12-19(20)24-26-15-22(29-24)17-9-5-2-6-10-17/h1-15,27H. The summed E-state index contributed by atoms with van der Waals surface area (Å²) in [6.07, 6.45) is 3.33. The average Bonchev–Trinajstić information content (AvgIpc) is 3.45. The van der Waals surface area contributed by atoms with Crippen molar-refractivity contribution < 1.29 is 13.9 Å². The maximum atomic E-state index is 10.5. The van der Waals surface area contributed by atoms with Crippen LogP contribution >= 0.6 is 0 Å². The molecule has 0 aliphatic carbocycles. The quantitative estimate of drug-likeness (QED) is 0.412. The molecule has 5 aromatic rings. The van der Waals surface area contributed by atoms with Crippen molar-refractivity contribution in [2.45, 2.75) is 0 Å². The highest BCUT2D eigenvalue weighted by Gasteiger charge is 2.15. The van der Waals surface area contributed by atoms with Crippen LogP contribution in [0.2, 0.25) is 0 Å². The average molecular weight is 380 g/mol. The van der Waals surface area contributed by atoms with Gasteiger partial charge >= 0.3 is 0 Å². The molecule has 5 heteroatoms. The van der Waals surface area contributed by atoms with Gasteiger partial charge in [0.05, 0.1) is 18.0 Å². The largest absolute Gasteiger partial charge is 0.507 e. The highest BCUT2D eigenvalue weighted by Crippen LogP contribution is 2.35. The molecule has 0 amide bonds.